The van der Waals surface area contributed by atoms with Gasteiger partial charge in [-0.1, -0.05) is 6.07 Å². The smallest absolute Gasteiger partial charge is 0.251 e. The number of ether oxygens (including phenoxy) is 1. The lowest BCUT2D eigenvalue weighted by Gasteiger charge is -2.08. The first kappa shape index (κ1) is 19.4. The molecule has 138 valence electrons. The molecular formula is C17H19N3O5S. The van der Waals surface area contributed by atoms with Gasteiger partial charge in [0.1, 0.15) is 5.75 Å². The van der Waals surface area contributed by atoms with E-state index < -0.39 is 21.8 Å². The molecule has 2 aromatic rings. The predicted octanol–water partition coefficient (Wildman–Crippen LogP) is 1.10. The zero-order valence-corrected chi connectivity index (χ0v) is 14.9. The Balaban J connectivity index is 1.91. The van der Waals surface area contributed by atoms with Gasteiger partial charge in [-0.15, -0.1) is 0 Å². The summed E-state index contributed by atoms with van der Waals surface area (Å²) in [6.07, 6.45) is 0. The Morgan fingerprint density at radius 2 is 1.81 bits per heavy atom. The summed E-state index contributed by atoms with van der Waals surface area (Å²) in [6.45, 7) is 2.11. The Morgan fingerprint density at radius 3 is 2.42 bits per heavy atom. The van der Waals surface area contributed by atoms with Crippen LogP contribution in [0.5, 0.6) is 5.75 Å². The van der Waals surface area contributed by atoms with Crippen LogP contribution in [0.2, 0.25) is 0 Å². The van der Waals surface area contributed by atoms with Gasteiger partial charge in [-0.2, -0.15) is 0 Å². The van der Waals surface area contributed by atoms with Crippen LogP contribution in [0.4, 0.5) is 5.69 Å². The number of nitrogens with two attached hydrogens (primary N) is 1. The first-order valence-corrected chi connectivity index (χ1v) is 9.28. The van der Waals surface area contributed by atoms with Crippen LogP contribution in [0, 0.1) is 0 Å². The highest BCUT2D eigenvalue weighted by Crippen LogP contribution is 2.14. The summed E-state index contributed by atoms with van der Waals surface area (Å²) < 4.78 is 27.9. The predicted molar refractivity (Wildman–Crippen MR) is 96.4 cm³/mol. The van der Waals surface area contributed by atoms with Crippen molar-refractivity contribution in [3.05, 3.63) is 54.1 Å². The fraction of sp³-hybridized carbons (Fsp3) is 0.176. The van der Waals surface area contributed by atoms with E-state index in [0.717, 1.165) is 0 Å². The van der Waals surface area contributed by atoms with Gasteiger partial charge in [0.15, 0.2) is 0 Å². The van der Waals surface area contributed by atoms with Gasteiger partial charge in [-0.3, -0.25) is 9.59 Å². The maximum Gasteiger partial charge on any atom is 0.251 e. The quantitative estimate of drug-likeness (QED) is 0.666. The maximum atomic E-state index is 12.0. The lowest BCUT2D eigenvalue weighted by molar-refractivity contribution is -0.115. The van der Waals surface area contributed by atoms with Crippen molar-refractivity contribution in [2.24, 2.45) is 5.14 Å². The summed E-state index contributed by atoms with van der Waals surface area (Å²) in [5.41, 5.74) is 0.648. The van der Waals surface area contributed by atoms with Crippen LogP contribution < -0.4 is 20.5 Å². The Bertz CT molecular complexity index is 895. The van der Waals surface area contributed by atoms with Crippen LogP contribution in [0.25, 0.3) is 0 Å². The van der Waals surface area contributed by atoms with Crippen molar-refractivity contribution < 1.29 is 22.7 Å². The molecule has 2 aromatic carbocycles. The Labute approximate surface area is 151 Å². The highest BCUT2D eigenvalue weighted by molar-refractivity contribution is 7.89. The summed E-state index contributed by atoms with van der Waals surface area (Å²) in [7, 11) is -3.86. The standard InChI is InChI=1S/C17H19N3O5S/c1-2-25-14-8-6-12(7-9-14)17(22)19-11-16(21)20-13-4-3-5-15(10-13)26(18,23)24/h3-10H,2,11H2,1H3,(H,19,22)(H,20,21)(H2,18,23,24). The van der Waals surface area contributed by atoms with Crippen LogP contribution in [0.3, 0.4) is 0 Å². The van der Waals surface area contributed by atoms with E-state index in [-0.39, 0.29) is 17.1 Å². The molecule has 9 heteroatoms. The average Bonchev–Trinajstić information content (AvgIpc) is 2.60. The van der Waals surface area contributed by atoms with Gasteiger partial charge in [0.05, 0.1) is 18.0 Å². The van der Waals surface area contributed by atoms with Gasteiger partial charge in [-0.05, 0) is 49.4 Å². The molecule has 0 unspecified atom stereocenters. The molecule has 26 heavy (non-hydrogen) atoms. The molecule has 2 rings (SSSR count). The molecule has 0 aromatic heterocycles. The number of sulfonamides is 1. The molecule has 0 fully saturated rings. The number of carbonyl (C=O) groups is 2. The van der Waals surface area contributed by atoms with E-state index in [2.05, 4.69) is 10.6 Å². The van der Waals surface area contributed by atoms with E-state index in [0.29, 0.717) is 17.9 Å². The lowest BCUT2D eigenvalue weighted by atomic mass is 10.2. The van der Waals surface area contributed by atoms with Gasteiger partial charge in [-0.25, -0.2) is 13.6 Å². The average molecular weight is 377 g/mol. The Hall–Kier alpha value is -2.91. The summed E-state index contributed by atoms with van der Waals surface area (Å²) in [5, 5.41) is 10.0. The van der Waals surface area contributed by atoms with Crippen molar-refractivity contribution in [3.8, 4) is 5.75 Å². The second-order valence-corrected chi connectivity index (χ2v) is 6.82. The highest BCUT2D eigenvalue weighted by atomic mass is 32.2. The summed E-state index contributed by atoms with van der Waals surface area (Å²) >= 11 is 0. The third kappa shape index (κ3) is 5.57. The molecule has 0 aliphatic rings. The molecule has 0 atom stereocenters. The Morgan fingerprint density at radius 1 is 1.12 bits per heavy atom. The first-order valence-electron chi connectivity index (χ1n) is 7.73. The van der Waals surface area contributed by atoms with Crippen molar-refractivity contribution >= 4 is 27.5 Å². The number of primary sulfonamides is 1. The first-order chi connectivity index (χ1) is 12.3. The SMILES string of the molecule is CCOc1ccc(C(=O)NCC(=O)Nc2cccc(S(N)(=O)=O)c2)cc1. The number of benzene rings is 2. The summed E-state index contributed by atoms with van der Waals surface area (Å²) in [5.74, 6) is -0.270. The third-order valence-corrected chi connectivity index (χ3v) is 4.19. The van der Waals surface area contributed by atoms with Crippen LogP contribution in [-0.2, 0) is 14.8 Å². The third-order valence-electron chi connectivity index (χ3n) is 3.28. The molecule has 2 amide bonds. The van der Waals surface area contributed by atoms with E-state index in [1.165, 1.54) is 24.3 Å². The monoisotopic (exact) mass is 377 g/mol. The molecule has 0 saturated heterocycles. The number of hydrogen-bond donors (Lipinski definition) is 3. The number of anilines is 1. The topological polar surface area (TPSA) is 128 Å². The zero-order chi connectivity index (χ0) is 19.2. The van der Waals surface area contributed by atoms with Crippen molar-refractivity contribution in [2.75, 3.05) is 18.5 Å². The molecular weight excluding hydrogens is 358 g/mol. The van der Waals surface area contributed by atoms with Crippen molar-refractivity contribution in [1.82, 2.24) is 5.32 Å². The molecule has 0 spiro atoms. The number of nitrogens with one attached hydrogen (secondary N) is 2. The molecule has 0 radical (unpaired) electrons. The lowest BCUT2D eigenvalue weighted by Crippen LogP contribution is -2.32. The zero-order valence-electron chi connectivity index (χ0n) is 14.1. The molecule has 0 bridgehead atoms. The van der Waals surface area contributed by atoms with Gasteiger partial charge < -0.3 is 15.4 Å². The van der Waals surface area contributed by atoms with Gasteiger partial charge in [0, 0.05) is 11.3 Å². The fourth-order valence-electron chi connectivity index (χ4n) is 2.09. The van der Waals surface area contributed by atoms with E-state index in [9.17, 15) is 18.0 Å². The van der Waals surface area contributed by atoms with Gasteiger partial charge in [0.25, 0.3) is 5.91 Å². The summed E-state index contributed by atoms with van der Waals surface area (Å²) in [6, 6.07) is 12.0. The van der Waals surface area contributed by atoms with Crippen LogP contribution >= 0.6 is 0 Å². The molecule has 8 nitrogen and oxygen atoms in total. The van der Waals surface area contributed by atoms with E-state index in [1.54, 1.807) is 24.3 Å². The van der Waals surface area contributed by atoms with Gasteiger partial charge in [0.2, 0.25) is 15.9 Å². The minimum Gasteiger partial charge on any atom is -0.494 e. The number of rotatable bonds is 7. The van der Waals surface area contributed by atoms with Gasteiger partial charge >= 0.3 is 0 Å². The van der Waals surface area contributed by atoms with Crippen LogP contribution in [-0.4, -0.2) is 33.4 Å². The van der Waals surface area contributed by atoms with Crippen LogP contribution in [0.1, 0.15) is 17.3 Å². The summed E-state index contributed by atoms with van der Waals surface area (Å²) in [4.78, 5) is 23.8. The van der Waals surface area contributed by atoms with Crippen molar-refractivity contribution in [2.45, 2.75) is 11.8 Å². The maximum absolute atomic E-state index is 12.0. The minimum atomic E-state index is -3.86. The van der Waals surface area contributed by atoms with E-state index in [1.807, 2.05) is 6.92 Å². The molecule has 0 saturated carbocycles. The molecule has 0 aliphatic carbocycles. The normalized spacial score (nSPS) is 10.8. The number of amides is 2. The number of hydrogen-bond acceptors (Lipinski definition) is 5. The van der Waals surface area contributed by atoms with E-state index >= 15 is 0 Å². The van der Waals surface area contributed by atoms with E-state index in [4.69, 9.17) is 9.88 Å². The Kier molecular flexibility index (Phi) is 6.31. The largest absolute Gasteiger partial charge is 0.494 e. The highest BCUT2D eigenvalue weighted by Gasteiger charge is 2.11. The van der Waals surface area contributed by atoms with Crippen molar-refractivity contribution in [3.63, 3.8) is 0 Å². The second-order valence-electron chi connectivity index (χ2n) is 5.26. The minimum absolute atomic E-state index is 0.117. The number of carbonyl (C=O) groups excluding carboxylic acids is 2. The van der Waals surface area contributed by atoms with Crippen LogP contribution in [0.15, 0.2) is 53.4 Å². The van der Waals surface area contributed by atoms with Crippen molar-refractivity contribution in [1.29, 1.82) is 0 Å². The second kappa shape index (κ2) is 8.45. The molecule has 4 N–H and O–H groups in total. The molecule has 0 heterocycles. The molecule has 0 aliphatic heterocycles. The fourth-order valence-corrected chi connectivity index (χ4v) is 2.65.